The number of hydrogen-bond acceptors (Lipinski definition) is 6. The van der Waals surface area contributed by atoms with Crippen molar-refractivity contribution in [3.63, 3.8) is 0 Å². The Labute approximate surface area is 165 Å². The van der Waals surface area contributed by atoms with Gasteiger partial charge >= 0.3 is 0 Å². The van der Waals surface area contributed by atoms with E-state index in [2.05, 4.69) is 22.1 Å². The number of primary amides is 1. The monoisotopic (exact) mass is 397 g/mol. The van der Waals surface area contributed by atoms with Gasteiger partial charge in [0.15, 0.2) is 10.9 Å². The standard InChI is InChI=1S/C19H19N5O3S/c1-3-10-24-17(15-5-4-11-27-15)22-23-19(24)28-12(2)18(26)21-14-8-6-13(7-9-14)16(20)25/h3-9,11-12H,1,10H2,2H3,(H2,20,25)(H,21,26). The van der Waals surface area contributed by atoms with E-state index in [1.54, 1.807) is 55.7 Å². The lowest BCUT2D eigenvalue weighted by Crippen LogP contribution is -2.23. The smallest absolute Gasteiger partial charge is 0.248 e. The summed E-state index contributed by atoms with van der Waals surface area (Å²) in [5, 5.41) is 11.3. The number of thioether (sulfide) groups is 1. The molecule has 0 aliphatic rings. The van der Waals surface area contributed by atoms with Crippen LogP contribution in [0.3, 0.4) is 0 Å². The summed E-state index contributed by atoms with van der Waals surface area (Å²) in [6, 6.07) is 9.95. The second-order valence-corrected chi connectivity index (χ2v) is 7.18. The molecule has 3 aromatic rings. The summed E-state index contributed by atoms with van der Waals surface area (Å²) < 4.78 is 7.23. The molecule has 3 rings (SSSR count). The zero-order valence-electron chi connectivity index (χ0n) is 15.2. The summed E-state index contributed by atoms with van der Waals surface area (Å²) in [5.41, 5.74) is 6.17. The molecule has 1 aromatic carbocycles. The van der Waals surface area contributed by atoms with Gasteiger partial charge in [-0.15, -0.1) is 16.8 Å². The highest BCUT2D eigenvalue weighted by Crippen LogP contribution is 2.27. The SMILES string of the molecule is C=CCn1c(SC(C)C(=O)Nc2ccc(C(N)=O)cc2)nnc1-c1ccco1. The molecule has 0 fully saturated rings. The van der Waals surface area contributed by atoms with Crippen LogP contribution in [0.25, 0.3) is 11.6 Å². The van der Waals surface area contributed by atoms with Crippen molar-refractivity contribution in [2.75, 3.05) is 5.32 Å². The zero-order chi connectivity index (χ0) is 20.1. The number of nitrogens with two attached hydrogens (primary N) is 1. The molecule has 2 amide bonds. The lowest BCUT2D eigenvalue weighted by molar-refractivity contribution is -0.115. The molecule has 2 heterocycles. The number of nitrogens with zero attached hydrogens (tertiary/aromatic N) is 3. The maximum atomic E-state index is 12.5. The topological polar surface area (TPSA) is 116 Å². The van der Waals surface area contributed by atoms with Crippen LogP contribution in [-0.4, -0.2) is 31.8 Å². The highest BCUT2D eigenvalue weighted by molar-refractivity contribution is 8.00. The van der Waals surface area contributed by atoms with Gasteiger partial charge in [-0.2, -0.15) is 0 Å². The summed E-state index contributed by atoms with van der Waals surface area (Å²) in [7, 11) is 0. The number of amides is 2. The van der Waals surface area contributed by atoms with Gasteiger partial charge in [0.2, 0.25) is 17.6 Å². The molecule has 0 aliphatic carbocycles. The number of carbonyl (C=O) groups excluding carboxylic acids is 2. The van der Waals surface area contributed by atoms with Crippen molar-refractivity contribution >= 4 is 29.3 Å². The van der Waals surface area contributed by atoms with Crippen LogP contribution in [0.4, 0.5) is 5.69 Å². The molecule has 1 atom stereocenters. The lowest BCUT2D eigenvalue weighted by atomic mass is 10.2. The number of carbonyl (C=O) groups is 2. The summed E-state index contributed by atoms with van der Waals surface area (Å²) in [5.74, 6) is 0.440. The first kappa shape index (κ1) is 19.4. The van der Waals surface area contributed by atoms with Gasteiger partial charge in [0.1, 0.15) is 0 Å². The van der Waals surface area contributed by atoms with E-state index in [1.807, 2.05) is 4.57 Å². The molecule has 2 aromatic heterocycles. The van der Waals surface area contributed by atoms with Gasteiger partial charge in [0.25, 0.3) is 0 Å². The minimum absolute atomic E-state index is 0.204. The van der Waals surface area contributed by atoms with Gasteiger partial charge in [-0.1, -0.05) is 17.8 Å². The Kier molecular flexibility index (Phi) is 5.95. The van der Waals surface area contributed by atoms with Crippen molar-refractivity contribution in [1.82, 2.24) is 14.8 Å². The average Bonchev–Trinajstić information content (AvgIpc) is 3.33. The predicted molar refractivity (Wildman–Crippen MR) is 107 cm³/mol. The van der Waals surface area contributed by atoms with E-state index < -0.39 is 11.2 Å². The molecular formula is C19H19N5O3S. The zero-order valence-corrected chi connectivity index (χ0v) is 16.0. The van der Waals surface area contributed by atoms with Crippen molar-refractivity contribution in [2.24, 2.45) is 5.73 Å². The molecule has 1 unspecified atom stereocenters. The molecule has 3 N–H and O–H groups in total. The van der Waals surface area contributed by atoms with Crippen molar-refractivity contribution in [3.8, 4) is 11.6 Å². The Bertz CT molecular complexity index is 980. The summed E-state index contributed by atoms with van der Waals surface area (Å²) in [6.45, 7) is 6.02. The molecule has 0 bridgehead atoms. The number of aromatic nitrogens is 3. The molecule has 0 saturated heterocycles. The lowest BCUT2D eigenvalue weighted by Gasteiger charge is -2.12. The maximum absolute atomic E-state index is 12.5. The Morgan fingerprint density at radius 1 is 1.32 bits per heavy atom. The highest BCUT2D eigenvalue weighted by atomic mass is 32.2. The molecule has 144 valence electrons. The normalized spacial score (nSPS) is 11.8. The second-order valence-electron chi connectivity index (χ2n) is 5.87. The number of hydrogen-bond donors (Lipinski definition) is 2. The Morgan fingerprint density at radius 3 is 2.68 bits per heavy atom. The van der Waals surface area contributed by atoms with Crippen LogP contribution < -0.4 is 11.1 Å². The van der Waals surface area contributed by atoms with Gasteiger partial charge in [0, 0.05) is 17.8 Å². The molecule has 0 aliphatic heterocycles. The number of benzene rings is 1. The maximum Gasteiger partial charge on any atom is 0.248 e. The fraction of sp³-hybridized carbons (Fsp3) is 0.158. The molecule has 28 heavy (non-hydrogen) atoms. The van der Waals surface area contributed by atoms with Crippen LogP contribution >= 0.6 is 11.8 Å². The first-order chi connectivity index (χ1) is 13.5. The second kappa shape index (κ2) is 8.57. The van der Waals surface area contributed by atoms with E-state index in [0.717, 1.165) is 0 Å². The van der Waals surface area contributed by atoms with Crippen LogP contribution in [0.2, 0.25) is 0 Å². The van der Waals surface area contributed by atoms with Gasteiger partial charge in [-0.3, -0.25) is 14.2 Å². The molecule has 0 saturated carbocycles. The molecule has 0 spiro atoms. The highest BCUT2D eigenvalue weighted by Gasteiger charge is 2.21. The van der Waals surface area contributed by atoms with E-state index in [1.165, 1.54) is 11.8 Å². The summed E-state index contributed by atoms with van der Waals surface area (Å²) >= 11 is 1.28. The molecule has 9 heteroatoms. The average molecular weight is 397 g/mol. The quantitative estimate of drug-likeness (QED) is 0.446. The summed E-state index contributed by atoms with van der Waals surface area (Å²) in [4.78, 5) is 23.6. The van der Waals surface area contributed by atoms with E-state index in [4.69, 9.17) is 10.2 Å². The predicted octanol–water partition coefficient (Wildman–Crippen LogP) is 2.94. The minimum atomic E-state index is -0.518. The molecular weight excluding hydrogens is 378 g/mol. The number of allylic oxidation sites excluding steroid dienone is 1. The third-order valence-corrected chi connectivity index (χ3v) is 4.94. The van der Waals surface area contributed by atoms with Crippen molar-refractivity contribution in [3.05, 3.63) is 60.9 Å². The fourth-order valence-electron chi connectivity index (χ4n) is 2.43. The van der Waals surface area contributed by atoms with Crippen molar-refractivity contribution in [2.45, 2.75) is 23.9 Å². The van der Waals surface area contributed by atoms with Crippen molar-refractivity contribution in [1.29, 1.82) is 0 Å². The number of nitrogens with one attached hydrogen (secondary N) is 1. The first-order valence-corrected chi connectivity index (χ1v) is 9.33. The van der Waals surface area contributed by atoms with E-state index in [0.29, 0.717) is 34.5 Å². The van der Waals surface area contributed by atoms with Gasteiger partial charge in [-0.25, -0.2) is 0 Å². The third kappa shape index (κ3) is 4.32. The van der Waals surface area contributed by atoms with E-state index in [9.17, 15) is 9.59 Å². The summed E-state index contributed by atoms with van der Waals surface area (Å²) in [6.07, 6.45) is 3.29. The molecule has 0 radical (unpaired) electrons. The van der Waals surface area contributed by atoms with E-state index in [-0.39, 0.29) is 5.91 Å². The Morgan fingerprint density at radius 2 is 2.07 bits per heavy atom. The van der Waals surface area contributed by atoms with Crippen LogP contribution in [0.15, 0.2) is 64.9 Å². The molecule has 8 nitrogen and oxygen atoms in total. The largest absolute Gasteiger partial charge is 0.461 e. The number of furan rings is 1. The Balaban J connectivity index is 1.71. The van der Waals surface area contributed by atoms with Crippen LogP contribution in [0.1, 0.15) is 17.3 Å². The van der Waals surface area contributed by atoms with Crippen LogP contribution in [0.5, 0.6) is 0 Å². The van der Waals surface area contributed by atoms with Crippen molar-refractivity contribution < 1.29 is 14.0 Å². The van der Waals surface area contributed by atoms with Gasteiger partial charge in [0.05, 0.1) is 11.5 Å². The van der Waals surface area contributed by atoms with E-state index >= 15 is 0 Å². The number of anilines is 1. The minimum Gasteiger partial charge on any atom is -0.461 e. The van der Waals surface area contributed by atoms with Gasteiger partial charge < -0.3 is 15.5 Å². The first-order valence-electron chi connectivity index (χ1n) is 8.45. The fourth-order valence-corrected chi connectivity index (χ4v) is 3.29. The number of rotatable bonds is 8. The van der Waals surface area contributed by atoms with Crippen LogP contribution in [0, 0.1) is 0 Å². The Hall–Kier alpha value is -3.33. The van der Waals surface area contributed by atoms with Crippen LogP contribution in [-0.2, 0) is 11.3 Å². The third-order valence-electron chi connectivity index (χ3n) is 3.86. The van der Waals surface area contributed by atoms with Gasteiger partial charge in [-0.05, 0) is 43.3 Å².